The molecule has 2 nitrogen and oxygen atoms in total. The molecule has 3 aromatic rings. The van der Waals surface area contributed by atoms with Crippen molar-refractivity contribution in [1.82, 2.24) is 9.55 Å². The topological polar surface area (TPSA) is 20.7 Å². The Morgan fingerprint density at radius 1 is 1.15 bits per heavy atom. The van der Waals surface area contributed by atoms with E-state index in [2.05, 4.69) is 18.0 Å². The summed E-state index contributed by atoms with van der Waals surface area (Å²) in [6.45, 7) is 2.14. The number of aryl methyl sites for hydroxylation is 1. The highest BCUT2D eigenvalue weighted by Gasteiger charge is 2.11. The minimum atomic E-state index is -0.277. The van der Waals surface area contributed by atoms with Crippen LogP contribution in [0.5, 0.6) is 0 Å². The quantitative estimate of drug-likeness (QED) is 0.687. The van der Waals surface area contributed by atoms with Crippen LogP contribution in [0, 0.1) is 10.6 Å². The Bertz CT molecular complexity index is 817. The highest BCUT2D eigenvalue weighted by molar-refractivity contribution is 7.71. The molecular weight excluding hydrogens is 271 g/mol. The lowest BCUT2D eigenvalue weighted by Gasteiger charge is -2.10. The predicted octanol–water partition coefficient (Wildman–Crippen LogP) is 4.78. The molecule has 0 aliphatic carbocycles. The average molecular weight is 286 g/mol. The van der Waals surface area contributed by atoms with Gasteiger partial charge in [0.25, 0.3) is 0 Å². The van der Waals surface area contributed by atoms with E-state index in [1.807, 2.05) is 28.8 Å². The molecule has 0 radical (unpaired) electrons. The van der Waals surface area contributed by atoms with Crippen LogP contribution in [0.2, 0.25) is 0 Å². The van der Waals surface area contributed by atoms with Gasteiger partial charge in [0.15, 0.2) is 4.77 Å². The van der Waals surface area contributed by atoms with Crippen molar-refractivity contribution >= 4 is 23.3 Å². The minimum absolute atomic E-state index is 0.277. The van der Waals surface area contributed by atoms with Gasteiger partial charge in [0.1, 0.15) is 11.3 Å². The number of benzene rings is 2. The van der Waals surface area contributed by atoms with Gasteiger partial charge in [-0.3, -0.25) is 4.57 Å². The maximum absolute atomic E-state index is 13.9. The van der Waals surface area contributed by atoms with E-state index in [1.54, 1.807) is 6.07 Å². The molecule has 0 saturated heterocycles. The van der Waals surface area contributed by atoms with Gasteiger partial charge in [-0.2, -0.15) is 0 Å². The Morgan fingerprint density at radius 2 is 1.95 bits per heavy atom. The van der Waals surface area contributed by atoms with Gasteiger partial charge < -0.3 is 4.98 Å². The fraction of sp³-hybridized carbons (Fsp3) is 0.188. The largest absolute Gasteiger partial charge is 0.328 e. The molecule has 0 aliphatic rings. The van der Waals surface area contributed by atoms with E-state index in [4.69, 9.17) is 12.2 Å². The molecule has 0 saturated carbocycles. The smallest absolute Gasteiger partial charge is 0.182 e. The SMILES string of the molecule is CCCc1ccccc1-n1c(=S)[nH]c2c(F)cccc21. The van der Waals surface area contributed by atoms with Gasteiger partial charge in [0.2, 0.25) is 0 Å². The van der Waals surface area contributed by atoms with E-state index in [-0.39, 0.29) is 5.82 Å². The predicted molar refractivity (Wildman–Crippen MR) is 82.4 cm³/mol. The molecule has 0 aliphatic heterocycles. The summed E-state index contributed by atoms with van der Waals surface area (Å²) in [6.07, 6.45) is 2.03. The van der Waals surface area contributed by atoms with Crippen LogP contribution in [0.15, 0.2) is 42.5 Å². The zero-order chi connectivity index (χ0) is 14.1. The Labute approximate surface area is 121 Å². The Hall–Kier alpha value is -1.94. The van der Waals surface area contributed by atoms with Gasteiger partial charge in [-0.25, -0.2) is 4.39 Å². The third kappa shape index (κ3) is 2.06. The minimum Gasteiger partial charge on any atom is -0.328 e. The van der Waals surface area contributed by atoms with Crippen molar-refractivity contribution in [2.75, 3.05) is 0 Å². The number of halogens is 1. The average Bonchev–Trinajstić information content (AvgIpc) is 2.78. The van der Waals surface area contributed by atoms with E-state index in [0.717, 1.165) is 24.0 Å². The van der Waals surface area contributed by atoms with Crippen molar-refractivity contribution in [3.63, 3.8) is 0 Å². The van der Waals surface area contributed by atoms with Crippen LogP contribution in [-0.4, -0.2) is 9.55 Å². The van der Waals surface area contributed by atoms with Crippen molar-refractivity contribution in [2.24, 2.45) is 0 Å². The molecule has 4 heteroatoms. The molecule has 20 heavy (non-hydrogen) atoms. The van der Waals surface area contributed by atoms with Crippen LogP contribution in [0.4, 0.5) is 4.39 Å². The normalized spacial score (nSPS) is 11.1. The molecule has 0 fully saturated rings. The lowest BCUT2D eigenvalue weighted by molar-refractivity contribution is 0.637. The van der Waals surface area contributed by atoms with E-state index in [1.165, 1.54) is 11.6 Å². The Morgan fingerprint density at radius 3 is 2.75 bits per heavy atom. The van der Waals surface area contributed by atoms with Gasteiger partial charge >= 0.3 is 0 Å². The lowest BCUT2D eigenvalue weighted by Crippen LogP contribution is -1.99. The molecule has 102 valence electrons. The summed E-state index contributed by atoms with van der Waals surface area (Å²) >= 11 is 5.38. The molecule has 3 rings (SSSR count). The first-order chi connectivity index (χ1) is 9.72. The fourth-order valence-corrected chi connectivity index (χ4v) is 2.84. The molecule has 0 spiro atoms. The van der Waals surface area contributed by atoms with Crippen molar-refractivity contribution in [2.45, 2.75) is 19.8 Å². The maximum atomic E-state index is 13.9. The van der Waals surface area contributed by atoms with Gasteiger partial charge in [0.05, 0.1) is 11.2 Å². The third-order valence-corrected chi connectivity index (χ3v) is 3.70. The van der Waals surface area contributed by atoms with Crippen LogP contribution >= 0.6 is 12.2 Å². The second-order valence-corrected chi connectivity index (χ2v) is 5.16. The molecule has 1 N–H and O–H groups in total. The molecule has 0 atom stereocenters. The van der Waals surface area contributed by atoms with Crippen molar-refractivity contribution in [1.29, 1.82) is 0 Å². The number of hydrogen-bond donors (Lipinski definition) is 1. The molecule has 0 bridgehead atoms. The summed E-state index contributed by atoms with van der Waals surface area (Å²) < 4.78 is 16.3. The van der Waals surface area contributed by atoms with E-state index in [9.17, 15) is 4.39 Å². The third-order valence-electron chi connectivity index (χ3n) is 3.42. The van der Waals surface area contributed by atoms with Gasteiger partial charge in [0, 0.05) is 0 Å². The molecule has 0 amide bonds. The molecule has 2 aromatic carbocycles. The van der Waals surface area contributed by atoms with Crippen LogP contribution in [-0.2, 0) is 6.42 Å². The van der Waals surface area contributed by atoms with E-state index < -0.39 is 0 Å². The second-order valence-electron chi connectivity index (χ2n) is 4.78. The number of hydrogen-bond acceptors (Lipinski definition) is 1. The van der Waals surface area contributed by atoms with Crippen molar-refractivity contribution in [3.05, 3.63) is 58.6 Å². The summed E-state index contributed by atoms with van der Waals surface area (Å²) in [5.41, 5.74) is 3.48. The number of H-pyrrole nitrogens is 1. The number of imidazole rings is 1. The van der Waals surface area contributed by atoms with Crippen molar-refractivity contribution < 1.29 is 4.39 Å². The highest BCUT2D eigenvalue weighted by Crippen LogP contribution is 2.24. The summed E-state index contributed by atoms with van der Waals surface area (Å²) in [4.78, 5) is 2.97. The van der Waals surface area contributed by atoms with Crippen LogP contribution in [0.25, 0.3) is 16.7 Å². The van der Waals surface area contributed by atoms with Gasteiger partial charge in [-0.05, 0) is 42.4 Å². The van der Waals surface area contributed by atoms with E-state index in [0.29, 0.717) is 10.3 Å². The summed E-state index contributed by atoms with van der Waals surface area (Å²) in [5, 5.41) is 0. The zero-order valence-corrected chi connectivity index (χ0v) is 12.0. The zero-order valence-electron chi connectivity index (χ0n) is 11.2. The van der Waals surface area contributed by atoms with Gasteiger partial charge in [-0.1, -0.05) is 37.6 Å². The number of aromatic nitrogens is 2. The second kappa shape index (κ2) is 5.21. The van der Waals surface area contributed by atoms with Crippen LogP contribution in [0.1, 0.15) is 18.9 Å². The Kier molecular flexibility index (Phi) is 3.40. The molecule has 0 unspecified atom stereocenters. The van der Waals surface area contributed by atoms with Crippen LogP contribution < -0.4 is 0 Å². The summed E-state index contributed by atoms with van der Waals surface area (Å²) in [5.74, 6) is -0.277. The molecule has 1 aromatic heterocycles. The van der Waals surface area contributed by atoms with Gasteiger partial charge in [-0.15, -0.1) is 0 Å². The summed E-state index contributed by atoms with van der Waals surface area (Å²) in [6, 6.07) is 13.2. The number of para-hydroxylation sites is 2. The first-order valence-corrected chi connectivity index (χ1v) is 7.10. The first kappa shape index (κ1) is 13.1. The van der Waals surface area contributed by atoms with E-state index >= 15 is 0 Å². The number of aromatic amines is 1. The number of fused-ring (bicyclic) bond motifs is 1. The monoisotopic (exact) mass is 286 g/mol. The molecule has 1 heterocycles. The van der Waals surface area contributed by atoms with Crippen LogP contribution in [0.3, 0.4) is 0 Å². The summed E-state index contributed by atoms with van der Waals surface area (Å²) in [7, 11) is 0. The number of nitrogens with one attached hydrogen (secondary N) is 1. The highest BCUT2D eigenvalue weighted by atomic mass is 32.1. The Balaban J connectivity index is 2.33. The maximum Gasteiger partial charge on any atom is 0.182 e. The standard InChI is InChI=1S/C16H15FN2S/c1-2-6-11-7-3-4-9-13(11)19-14-10-5-8-12(17)15(14)18-16(19)20/h3-5,7-10H,2,6H2,1H3,(H,18,20). The van der Waals surface area contributed by atoms with Crippen molar-refractivity contribution in [3.8, 4) is 5.69 Å². The number of rotatable bonds is 3. The first-order valence-electron chi connectivity index (χ1n) is 6.70. The fourth-order valence-electron chi connectivity index (χ4n) is 2.54. The number of nitrogens with zero attached hydrogens (tertiary/aromatic N) is 1. The lowest BCUT2D eigenvalue weighted by atomic mass is 10.1. The molecular formula is C16H15FN2S.